The van der Waals surface area contributed by atoms with E-state index in [-0.39, 0.29) is 40.8 Å². The fourth-order valence-corrected chi connectivity index (χ4v) is 4.34. The number of hydrogen-bond acceptors (Lipinski definition) is 8. The Morgan fingerprint density at radius 3 is 2.36 bits per heavy atom. The van der Waals surface area contributed by atoms with Crippen molar-refractivity contribution in [3.8, 4) is 0 Å². The molecule has 0 aromatic heterocycles. The van der Waals surface area contributed by atoms with Gasteiger partial charge in [-0.2, -0.15) is 0 Å². The zero-order valence-corrected chi connectivity index (χ0v) is 21.8. The third-order valence-corrected chi connectivity index (χ3v) is 6.62. The van der Waals surface area contributed by atoms with E-state index < -0.39 is 41.9 Å². The average Bonchev–Trinajstić information content (AvgIpc) is 2.84. The van der Waals surface area contributed by atoms with E-state index in [2.05, 4.69) is 5.32 Å². The number of rotatable bonds is 2. The Balaban J connectivity index is 2.50. The summed E-state index contributed by atoms with van der Waals surface area (Å²) in [5.74, 6) is -2.16. The van der Waals surface area contributed by atoms with Crippen LogP contribution in [0.5, 0.6) is 0 Å². The fourth-order valence-electron chi connectivity index (χ4n) is 4.34. The quantitative estimate of drug-likeness (QED) is 0.329. The molecule has 0 aromatic carbocycles. The summed E-state index contributed by atoms with van der Waals surface area (Å²) in [6, 6.07) is 0. The van der Waals surface area contributed by atoms with Gasteiger partial charge in [-0.1, -0.05) is 38.2 Å². The highest BCUT2D eigenvalue weighted by molar-refractivity contribution is 6.23. The largest absolute Gasteiger partial charge is 0.395 e. The van der Waals surface area contributed by atoms with E-state index in [1.54, 1.807) is 32.1 Å². The van der Waals surface area contributed by atoms with E-state index in [0.29, 0.717) is 12.0 Å². The molecule has 0 aromatic rings. The van der Waals surface area contributed by atoms with Gasteiger partial charge in [-0.3, -0.25) is 14.4 Å². The molecule has 5 N–H and O–H groups in total. The zero-order valence-electron chi connectivity index (χ0n) is 21.8. The second kappa shape index (κ2) is 12.9. The van der Waals surface area contributed by atoms with E-state index in [1.165, 1.54) is 20.3 Å². The summed E-state index contributed by atoms with van der Waals surface area (Å²) >= 11 is 0. The molecule has 2 aliphatic rings. The van der Waals surface area contributed by atoms with E-state index in [1.807, 2.05) is 13.8 Å². The number of hydrogen-bond donors (Lipinski definition) is 4. The lowest BCUT2D eigenvalue weighted by Crippen LogP contribution is -2.36. The minimum Gasteiger partial charge on any atom is -0.395 e. The summed E-state index contributed by atoms with van der Waals surface area (Å²) in [5.41, 5.74) is 6.69. The van der Waals surface area contributed by atoms with Crippen LogP contribution in [-0.4, -0.2) is 66.3 Å². The standard InChI is InChI=1S/C27H38N2O7/c1-14-10-18-23(28)20(30)13-19(26(18)33)29-27(34)15(2)8-7-9-21(35-5)24(31)16(3)12-17(4)25(32)22(11-14)36-6/h7-9,12-14,17,21-22,24-25,31-32H,10-11,28H2,1-6H3,(H,29,34)/b9-7+,15-8-,16-12+/t14-,17+,21+,22-,24-,25+/m0/s1. The van der Waals surface area contributed by atoms with Gasteiger partial charge in [0.2, 0.25) is 11.6 Å². The first-order chi connectivity index (χ1) is 16.9. The smallest absolute Gasteiger partial charge is 0.251 e. The number of allylic oxidation sites excluding steroid dienone is 4. The number of aliphatic hydroxyl groups is 2. The number of Topliss-reactive ketones (excluding diaryl/α,β-unsaturated/α-hetero) is 1. The average molecular weight is 503 g/mol. The Hall–Kier alpha value is -2.85. The number of carbonyl (C=O) groups is 3. The molecule has 198 valence electrons. The number of ether oxygens (including phenoxy) is 2. The van der Waals surface area contributed by atoms with Crippen molar-refractivity contribution in [3.05, 3.63) is 58.5 Å². The van der Waals surface area contributed by atoms with Crippen LogP contribution in [0.2, 0.25) is 0 Å². The predicted molar refractivity (Wildman–Crippen MR) is 135 cm³/mol. The van der Waals surface area contributed by atoms with Crippen LogP contribution in [0.25, 0.3) is 0 Å². The SMILES string of the molecule is CO[C@H]1C[C@@H](C)CC2=C(N)C(=O)C=C(NC(=O)/C(C)=C\C=C\[C@@H](OC)[C@@H](O)/C(C)=C/[C@@H](C)[C@H]1O)C2=O. The summed E-state index contributed by atoms with van der Waals surface area (Å²) in [5, 5.41) is 24.3. The van der Waals surface area contributed by atoms with Crippen LogP contribution in [0.4, 0.5) is 0 Å². The van der Waals surface area contributed by atoms with Crippen LogP contribution in [-0.2, 0) is 23.9 Å². The van der Waals surface area contributed by atoms with E-state index >= 15 is 0 Å². The van der Waals surface area contributed by atoms with Crippen molar-refractivity contribution in [3.63, 3.8) is 0 Å². The highest BCUT2D eigenvalue weighted by Gasteiger charge is 2.32. The van der Waals surface area contributed by atoms with Gasteiger partial charge in [-0.05, 0) is 38.2 Å². The van der Waals surface area contributed by atoms with Crippen LogP contribution in [0.1, 0.15) is 40.5 Å². The summed E-state index contributed by atoms with van der Waals surface area (Å²) in [4.78, 5) is 38.2. The van der Waals surface area contributed by atoms with Crippen molar-refractivity contribution < 1.29 is 34.1 Å². The molecule has 9 nitrogen and oxygen atoms in total. The number of amides is 1. The minimum absolute atomic E-state index is 0.129. The van der Waals surface area contributed by atoms with Crippen molar-refractivity contribution in [2.24, 2.45) is 17.6 Å². The van der Waals surface area contributed by atoms with E-state index in [0.717, 1.165) is 6.08 Å². The fraction of sp³-hybridized carbons (Fsp3) is 0.519. The predicted octanol–water partition coefficient (Wildman–Crippen LogP) is 1.62. The Labute approximate surface area is 212 Å². The lowest BCUT2D eigenvalue weighted by molar-refractivity contribution is -0.120. The number of fused-ring (bicyclic) bond motifs is 2. The summed E-state index contributed by atoms with van der Waals surface area (Å²) in [6.45, 7) is 7.00. The third kappa shape index (κ3) is 7.10. The van der Waals surface area contributed by atoms with E-state index in [4.69, 9.17) is 15.2 Å². The Kier molecular flexibility index (Phi) is 10.5. The Morgan fingerprint density at radius 2 is 1.75 bits per heavy atom. The molecular weight excluding hydrogens is 464 g/mol. The number of carbonyl (C=O) groups excluding carboxylic acids is 3. The molecule has 0 unspecified atom stereocenters. The number of nitrogens with one attached hydrogen (secondary N) is 1. The molecule has 0 spiro atoms. The maximum absolute atomic E-state index is 13.1. The molecule has 36 heavy (non-hydrogen) atoms. The second-order valence-corrected chi connectivity index (χ2v) is 9.56. The lowest BCUT2D eigenvalue weighted by atomic mass is 9.85. The van der Waals surface area contributed by atoms with Crippen LogP contribution < -0.4 is 11.1 Å². The summed E-state index contributed by atoms with van der Waals surface area (Å²) in [6.07, 6.45) is 4.89. The van der Waals surface area contributed by atoms with Crippen LogP contribution in [0.15, 0.2) is 58.5 Å². The lowest BCUT2D eigenvalue weighted by Gasteiger charge is -2.29. The van der Waals surface area contributed by atoms with Crippen LogP contribution >= 0.6 is 0 Å². The molecule has 2 bridgehead atoms. The van der Waals surface area contributed by atoms with Crippen molar-refractivity contribution in [2.75, 3.05) is 14.2 Å². The first kappa shape index (κ1) is 29.4. The number of nitrogens with two attached hydrogens (primary N) is 1. The first-order valence-corrected chi connectivity index (χ1v) is 12.0. The molecule has 6 atom stereocenters. The zero-order chi connectivity index (χ0) is 27.2. The normalized spacial score (nSPS) is 35.3. The molecule has 1 aliphatic heterocycles. The minimum atomic E-state index is -0.978. The van der Waals surface area contributed by atoms with E-state index in [9.17, 15) is 24.6 Å². The molecule has 0 fully saturated rings. The van der Waals surface area contributed by atoms with Gasteiger partial charge in [0.1, 0.15) is 12.2 Å². The van der Waals surface area contributed by atoms with Crippen LogP contribution in [0, 0.1) is 11.8 Å². The molecule has 2 rings (SSSR count). The van der Waals surface area contributed by atoms with Gasteiger partial charge in [-0.25, -0.2) is 0 Å². The third-order valence-electron chi connectivity index (χ3n) is 6.62. The summed E-state index contributed by atoms with van der Waals surface area (Å²) < 4.78 is 11.0. The molecular formula is C27H38N2O7. The maximum Gasteiger partial charge on any atom is 0.251 e. The van der Waals surface area contributed by atoms with Gasteiger partial charge < -0.3 is 30.7 Å². The highest BCUT2D eigenvalue weighted by Crippen LogP contribution is 2.27. The van der Waals surface area contributed by atoms with Gasteiger partial charge in [0.25, 0.3) is 5.91 Å². The van der Waals surface area contributed by atoms with Gasteiger partial charge in [-0.15, -0.1) is 0 Å². The number of ketones is 2. The topological polar surface area (TPSA) is 148 Å². The molecule has 9 heteroatoms. The molecule has 1 amide bonds. The van der Waals surface area contributed by atoms with Gasteiger partial charge in [0.05, 0.1) is 23.6 Å². The van der Waals surface area contributed by atoms with Crippen molar-refractivity contribution in [2.45, 2.75) is 65.0 Å². The molecule has 1 aliphatic carbocycles. The van der Waals surface area contributed by atoms with Crippen LogP contribution in [0.3, 0.4) is 0 Å². The molecule has 0 saturated carbocycles. The van der Waals surface area contributed by atoms with Gasteiger partial charge in [0, 0.05) is 37.4 Å². The summed E-state index contributed by atoms with van der Waals surface area (Å²) in [7, 11) is 2.95. The Bertz CT molecular complexity index is 1020. The Morgan fingerprint density at radius 1 is 1.08 bits per heavy atom. The van der Waals surface area contributed by atoms with Gasteiger partial charge >= 0.3 is 0 Å². The number of methoxy groups -OCH3 is 2. The monoisotopic (exact) mass is 502 g/mol. The molecule has 0 saturated heterocycles. The molecule has 0 radical (unpaired) electrons. The number of aliphatic hydroxyl groups excluding tert-OH is 2. The maximum atomic E-state index is 13.1. The second-order valence-electron chi connectivity index (χ2n) is 9.56. The van der Waals surface area contributed by atoms with Crippen molar-refractivity contribution in [1.82, 2.24) is 5.32 Å². The van der Waals surface area contributed by atoms with Crippen molar-refractivity contribution in [1.29, 1.82) is 0 Å². The first-order valence-electron chi connectivity index (χ1n) is 12.0. The highest BCUT2D eigenvalue weighted by atomic mass is 16.5. The molecule has 1 heterocycles. The van der Waals surface area contributed by atoms with Gasteiger partial charge in [0.15, 0.2) is 0 Å². The van der Waals surface area contributed by atoms with Crippen molar-refractivity contribution >= 4 is 17.5 Å².